The first kappa shape index (κ1) is 19.2. The van der Waals surface area contributed by atoms with Gasteiger partial charge in [0.15, 0.2) is 0 Å². The Bertz CT molecular complexity index is 1040. The summed E-state index contributed by atoms with van der Waals surface area (Å²) in [5.74, 6) is 0.341. The third-order valence-electron chi connectivity index (χ3n) is 4.75. The van der Waals surface area contributed by atoms with Crippen LogP contribution in [-0.2, 0) is 0 Å². The molecule has 0 aromatic carbocycles. The molecule has 0 spiro atoms. The molecule has 144 valence electrons. The van der Waals surface area contributed by atoms with E-state index in [1.807, 2.05) is 60.9 Å². The SMILES string of the molecule is COc1cccc(C(c2cccc(Br)n2)C(c2cccnc2)c2cccnc2)n1. The predicted molar refractivity (Wildman–Crippen MR) is 115 cm³/mol. The number of methoxy groups -OCH3 is 1. The Kier molecular flexibility index (Phi) is 5.91. The summed E-state index contributed by atoms with van der Waals surface area (Å²) in [5.41, 5.74) is 3.90. The molecule has 0 N–H and O–H groups in total. The van der Waals surface area contributed by atoms with Gasteiger partial charge in [-0.1, -0.05) is 24.3 Å². The average molecular weight is 447 g/mol. The molecule has 5 nitrogen and oxygen atoms in total. The monoisotopic (exact) mass is 446 g/mol. The van der Waals surface area contributed by atoms with Gasteiger partial charge in [-0.2, -0.15) is 0 Å². The number of aromatic nitrogens is 4. The van der Waals surface area contributed by atoms with Crippen LogP contribution in [-0.4, -0.2) is 27.0 Å². The minimum Gasteiger partial charge on any atom is -0.481 e. The van der Waals surface area contributed by atoms with E-state index >= 15 is 0 Å². The maximum Gasteiger partial charge on any atom is 0.213 e. The Morgan fingerprint density at radius 3 is 1.90 bits per heavy atom. The molecule has 0 aliphatic rings. The Labute approximate surface area is 178 Å². The molecular formula is C23H19BrN4O. The van der Waals surface area contributed by atoms with Gasteiger partial charge in [0.2, 0.25) is 5.88 Å². The second-order valence-electron chi connectivity index (χ2n) is 6.52. The lowest BCUT2D eigenvalue weighted by Crippen LogP contribution is -2.17. The quantitative estimate of drug-likeness (QED) is 0.390. The normalized spacial score (nSPS) is 12.0. The number of halogens is 1. The highest BCUT2D eigenvalue weighted by atomic mass is 79.9. The van der Waals surface area contributed by atoms with Crippen molar-refractivity contribution in [2.45, 2.75) is 11.8 Å². The van der Waals surface area contributed by atoms with Crippen LogP contribution in [0.3, 0.4) is 0 Å². The summed E-state index contributed by atoms with van der Waals surface area (Å²) in [7, 11) is 1.62. The zero-order valence-electron chi connectivity index (χ0n) is 15.8. The fourth-order valence-corrected chi connectivity index (χ4v) is 3.86. The van der Waals surface area contributed by atoms with Crippen molar-refractivity contribution in [3.8, 4) is 5.88 Å². The topological polar surface area (TPSA) is 60.8 Å². The lowest BCUT2D eigenvalue weighted by atomic mass is 9.78. The molecule has 0 radical (unpaired) electrons. The number of rotatable bonds is 6. The number of hydrogen-bond acceptors (Lipinski definition) is 5. The fourth-order valence-electron chi connectivity index (χ4n) is 3.51. The van der Waals surface area contributed by atoms with Crippen LogP contribution in [0.5, 0.6) is 5.88 Å². The Morgan fingerprint density at radius 2 is 1.34 bits per heavy atom. The molecule has 0 fully saturated rings. The van der Waals surface area contributed by atoms with Crippen LogP contribution in [0.1, 0.15) is 34.4 Å². The van der Waals surface area contributed by atoms with Crippen molar-refractivity contribution in [1.29, 1.82) is 0 Å². The van der Waals surface area contributed by atoms with Crippen molar-refractivity contribution in [3.63, 3.8) is 0 Å². The Balaban J connectivity index is 1.95. The lowest BCUT2D eigenvalue weighted by molar-refractivity contribution is 0.395. The molecule has 0 bridgehead atoms. The summed E-state index contributed by atoms with van der Waals surface area (Å²) in [4.78, 5) is 18.2. The summed E-state index contributed by atoms with van der Waals surface area (Å²) >= 11 is 3.51. The summed E-state index contributed by atoms with van der Waals surface area (Å²) in [6.45, 7) is 0. The minimum atomic E-state index is -0.156. The predicted octanol–water partition coefficient (Wildman–Crippen LogP) is 5.00. The maximum atomic E-state index is 5.39. The van der Waals surface area contributed by atoms with Gasteiger partial charge in [-0.05, 0) is 57.4 Å². The van der Waals surface area contributed by atoms with Gasteiger partial charge in [0.05, 0.1) is 24.4 Å². The molecule has 1 unspecified atom stereocenters. The molecule has 4 heterocycles. The average Bonchev–Trinajstić information content (AvgIpc) is 2.78. The van der Waals surface area contributed by atoms with Crippen molar-refractivity contribution in [1.82, 2.24) is 19.9 Å². The third-order valence-corrected chi connectivity index (χ3v) is 5.19. The van der Waals surface area contributed by atoms with Crippen molar-refractivity contribution >= 4 is 15.9 Å². The van der Waals surface area contributed by atoms with Gasteiger partial charge in [-0.25, -0.2) is 9.97 Å². The van der Waals surface area contributed by atoms with E-state index in [9.17, 15) is 0 Å². The van der Waals surface area contributed by atoms with Crippen LogP contribution >= 0.6 is 15.9 Å². The van der Waals surface area contributed by atoms with E-state index in [1.54, 1.807) is 19.5 Å². The highest BCUT2D eigenvalue weighted by Crippen LogP contribution is 2.41. The standard InChI is InChI=1S/C23H19BrN4O/c1-29-21-11-3-9-19(28-21)23(18-8-2-10-20(24)27-18)22(16-6-4-12-25-14-16)17-7-5-13-26-15-17/h2-15,22-23H,1H3. The smallest absolute Gasteiger partial charge is 0.213 e. The van der Waals surface area contributed by atoms with E-state index in [1.165, 1.54) is 0 Å². The molecule has 0 aliphatic heterocycles. The van der Waals surface area contributed by atoms with Gasteiger partial charge in [-0.3, -0.25) is 9.97 Å². The van der Waals surface area contributed by atoms with Gasteiger partial charge >= 0.3 is 0 Å². The molecule has 4 aromatic rings. The first-order valence-corrected chi connectivity index (χ1v) is 9.99. The van der Waals surface area contributed by atoms with E-state index in [0.717, 1.165) is 27.1 Å². The van der Waals surface area contributed by atoms with Crippen molar-refractivity contribution in [2.75, 3.05) is 7.11 Å². The first-order valence-electron chi connectivity index (χ1n) is 9.19. The van der Waals surface area contributed by atoms with E-state index in [4.69, 9.17) is 14.7 Å². The minimum absolute atomic E-state index is 0.0705. The number of nitrogens with zero attached hydrogens (tertiary/aromatic N) is 4. The second-order valence-corrected chi connectivity index (χ2v) is 7.33. The maximum absolute atomic E-state index is 5.39. The van der Waals surface area contributed by atoms with Gasteiger partial charge in [0.25, 0.3) is 0 Å². The number of hydrogen-bond donors (Lipinski definition) is 0. The van der Waals surface area contributed by atoms with Gasteiger partial charge < -0.3 is 4.74 Å². The van der Waals surface area contributed by atoms with Gasteiger partial charge in [-0.15, -0.1) is 0 Å². The summed E-state index contributed by atoms with van der Waals surface area (Å²) in [6, 6.07) is 19.8. The largest absolute Gasteiger partial charge is 0.481 e. The molecule has 6 heteroatoms. The second kappa shape index (κ2) is 8.92. The highest BCUT2D eigenvalue weighted by Gasteiger charge is 2.31. The highest BCUT2D eigenvalue weighted by molar-refractivity contribution is 9.10. The molecule has 0 aliphatic carbocycles. The van der Waals surface area contributed by atoms with Crippen molar-refractivity contribution in [2.24, 2.45) is 0 Å². The van der Waals surface area contributed by atoms with E-state index < -0.39 is 0 Å². The van der Waals surface area contributed by atoms with Crippen LogP contribution in [0.25, 0.3) is 0 Å². The van der Waals surface area contributed by atoms with Crippen LogP contribution in [0.15, 0.2) is 90.1 Å². The lowest BCUT2D eigenvalue weighted by Gasteiger charge is -2.27. The Morgan fingerprint density at radius 1 is 0.724 bits per heavy atom. The van der Waals surface area contributed by atoms with Crippen LogP contribution in [0, 0.1) is 0 Å². The summed E-state index contributed by atoms with van der Waals surface area (Å²) < 4.78 is 6.17. The van der Waals surface area contributed by atoms with E-state index in [2.05, 4.69) is 38.0 Å². The molecule has 1 atom stereocenters. The van der Waals surface area contributed by atoms with Crippen molar-refractivity contribution in [3.05, 3.63) is 113 Å². The summed E-state index contributed by atoms with van der Waals surface area (Å²) in [5, 5.41) is 0. The van der Waals surface area contributed by atoms with E-state index in [0.29, 0.717) is 5.88 Å². The number of pyridine rings is 4. The molecule has 0 amide bonds. The van der Waals surface area contributed by atoms with Crippen molar-refractivity contribution < 1.29 is 4.74 Å². The van der Waals surface area contributed by atoms with Crippen LogP contribution in [0.4, 0.5) is 0 Å². The van der Waals surface area contributed by atoms with Gasteiger partial charge in [0, 0.05) is 36.8 Å². The molecule has 0 saturated carbocycles. The Hall–Kier alpha value is -3.12. The van der Waals surface area contributed by atoms with Gasteiger partial charge in [0.1, 0.15) is 4.60 Å². The molecule has 0 saturated heterocycles. The van der Waals surface area contributed by atoms with Crippen LogP contribution < -0.4 is 4.74 Å². The van der Waals surface area contributed by atoms with E-state index in [-0.39, 0.29) is 11.8 Å². The third kappa shape index (κ3) is 4.32. The molecule has 29 heavy (non-hydrogen) atoms. The summed E-state index contributed by atoms with van der Waals surface area (Å²) in [6.07, 6.45) is 7.34. The zero-order chi connectivity index (χ0) is 20.1. The zero-order valence-corrected chi connectivity index (χ0v) is 17.4. The first-order chi connectivity index (χ1) is 14.3. The van der Waals surface area contributed by atoms with Crippen LogP contribution in [0.2, 0.25) is 0 Å². The fraction of sp³-hybridized carbons (Fsp3) is 0.130. The molecule has 4 aromatic heterocycles. The molecular weight excluding hydrogens is 428 g/mol. The molecule has 4 rings (SSSR count). The number of ether oxygens (including phenoxy) is 1.